The Labute approximate surface area is 145 Å². The molecule has 2 N–H and O–H groups in total. The van der Waals surface area contributed by atoms with Crippen LogP contribution < -0.4 is 0 Å². The van der Waals surface area contributed by atoms with Crippen molar-refractivity contribution < 1.29 is 19.0 Å². The standard InChI is InChI=1S/C20H34F2O2/c21-17-9-5-15(6-10-17)19(23)13-1-2-14(4-3-13)20(24)16-7-11-18(22)12-8-16/h13-20,23-24H,1-12H2. The molecule has 0 aliphatic heterocycles. The Bertz CT molecular complexity index is 332. The fraction of sp³-hybridized carbons (Fsp3) is 1.00. The van der Waals surface area contributed by atoms with E-state index >= 15 is 0 Å². The van der Waals surface area contributed by atoms with Crippen LogP contribution in [-0.4, -0.2) is 34.8 Å². The molecule has 2 atom stereocenters. The molecule has 0 spiro atoms. The summed E-state index contributed by atoms with van der Waals surface area (Å²) in [4.78, 5) is 0. The number of alkyl halides is 2. The molecule has 0 radical (unpaired) electrons. The molecule has 2 nitrogen and oxygen atoms in total. The van der Waals surface area contributed by atoms with Crippen molar-refractivity contribution in [2.24, 2.45) is 23.7 Å². The molecule has 3 saturated carbocycles. The van der Waals surface area contributed by atoms with Gasteiger partial charge in [-0.05, 0) is 101 Å². The van der Waals surface area contributed by atoms with E-state index in [2.05, 4.69) is 0 Å². The van der Waals surface area contributed by atoms with E-state index in [1.807, 2.05) is 0 Å². The van der Waals surface area contributed by atoms with Gasteiger partial charge in [0.2, 0.25) is 0 Å². The average molecular weight is 344 g/mol. The molecule has 0 aromatic rings. The molecule has 0 bridgehead atoms. The fourth-order valence-electron chi connectivity index (χ4n) is 5.44. The van der Waals surface area contributed by atoms with Crippen LogP contribution in [0.2, 0.25) is 0 Å². The first-order valence-electron chi connectivity index (χ1n) is 10.2. The van der Waals surface area contributed by atoms with E-state index in [1.54, 1.807) is 0 Å². The van der Waals surface area contributed by atoms with Gasteiger partial charge in [-0.25, -0.2) is 8.78 Å². The molecule has 3 fully saturated rings. The molecular formula is C20H34F2O2. The van der Waals surface area contributed by atoms with Gasteiger partial charge < -0.3 is 10.2 Å². The van der Waals surface area contributed by atoms with E-state index in [0.717, 1.165) is 51.4 Å². The van der Waals surface area contributed by atoms with Gasteiger partial charge in [0.1, 0.15) is 12.3 Å². The van der Waals surface area contributed by atoms with Crippen LogP contribution in [0.1, 0.15) is 77.0 Å². The maximum Gasteiger partial charge on any atom is 0.100 e. The second-order valence-corrected chi connectivity index (χ2v) is 8.68. The predicted octanol–water partition coefficient (Wildman–Crippen LogP) is 4.57. The summed E-state index contributed by atoms with van der Waals surface area (Å²) >= 11 is 0. The van der Waals surface area contributed by atoms with Gasteiger partial charge >= 0.3 is 0 Å². The van der Waals surface area contributed by atoms with Crippen molar-refractivity contribution in [3.63, 3.8) is 0 Å². The van der Waals surface area contributed by atoms with E-state index in [-0.39, 0.29) is 24.0 Å². The van der Waals surface area contributed by atoms with Crippen LogP contribution >= 0.6 is 0 Å². The minimum absolute atomic E-state index is 0.267. The van der Waals surface area contributed by atoms with Crippen molar-refractivity contribution in [1.82, 2.24) is 0 Å². The minimum Gasteiger partial charge on any atom is -0.393 e. The minimum atomic E-state index is -0.668. The van der Waals surface area contributed by atoms with Crippen LogP contribution in [0.5, 0.6) is 0 Å². The molecule has 3 aliphatic rings. The monoisotopic (exact) mass is 344 g/mol. The van der Waals surface area contributed by atoms with Crippen molar-refractivity contribution in [3.8, 4) is 0 Å². The topological polar surface area (TPSA) is 40.5 Å². The third-order valence-electron chi connectivity index (χ3n) is 7.15. The molecule has 4 heteroatoms. The lowest BCUT2D eigenvalue weighted by atomic mass is 9.69. The highest BCUT2D eigenvalue weighted by Crippen LogP contribution is 2.41. The Morgan fingerprint density at radius 1 is 0.458 bits per heavy atom. The number of halogens is 2. The summed E-state index contributed by atoms with van der Waals surface area (Å²) in [6.45, 7) is 0. The summed E-state index contributed by atoms with van der Waals surface area (Å²) in [6.07, 6.45) is 7.64. The molecule has 0 aromatic heterocycles. The van der Waals surface area contributed by atoms with Gasteiger partial charge in [0.05, 0.1) is 12.2 Å². The fourth-order valence-corrected chi connectivity index (χ4v) is 5.44. The Morgan fingerprint density at radius 3 is 0.917 bits per heavy atom. The molecule has 0 aromatic carbocycles. The van der Waals surface area contributed by atoms with Crippen molar-refractivity contribution in [3.05, 3.63) is 0 Å². The third kappa shape index (κ3) is 4.49. The highest BCUT2D eigenvalue weighted by atomic mass is 19.1. The van der Waals surface area contributed by atoms with E-state index in [4.69, 9.17) is 0 Å². The van der Waals surface area contributed by atoms with Crippen molar-refractivity contribution in [2.45, 2.75) is 102 Å². The van der Waals surface area contributed by atoms with Gasteiger partial charge in [-0.3, -0.25) is 0 Å². The molecule has 140 valence electrons. The highest BCUT2D eigenvalue weighted by molar-refractivity contribution is 4.88. The van der Waals surface area contributed by atoms with Crippen LogP contribution in [0, 0.1) is 23.7 Å². The van der Waals surface area contributed by atoms with Crippen LogP contribution in [-0.2, 0) is 0 Å². The largest absolute Gasteiger partial charge is 0.393 e. The zero-order valence-corrected chi connectivity index (χ0v) is 14.8. The lowest BCUT2D eigenvalue weighted by molar-refractivity contribution is -0.0282. The summed E-state index contributed by atoms with van der Waals surface area (Å²) < 4.78 is 26.5. The Kier molecular flexibility index (Phi) is 6.53. The van der Waals surface area contributed by atoms with Gasteiger partial charge in [0, 0.05) is 0 Å². The second-order valence-electron chi connectivity index (χ2n) is 8.68. The first-order valence-corrected chi connectivity index (χ1v) is 10.2. The van der Waals surface area contributed by atoms with Crippen LogP contribution in [0.3, 0.4) is 0 Å². The van der Waals surface area contributed by atoms with Crippen LogP contribution in [0.4, 0.5) is 8.78 Å². The molecule has 0 saturated heterocycles. The van der Waals surface area contributed by atoms with Crippen LogP contribution in [0.15, 0.2) is 0 Å². The van der Waals surface area contributed by atoms with Crippen molar-refractivity contribution in [1.29, 1.82) is 0 Å². The number of aliphatic hydroxyl groups excluding tert-OH is 2. The lowest BCUT2D eigenvalue weighted by Crippen LogP contribution is -2.38. The van der Waals surface area contributed by atoms with Gasteiger partial charge in [0.15, 0.2) is 0 Å². The normalized spacial score (nSPS) is 44.0. The predicted molar refractivity (Wildman–Crippen MR) is 91.2 cm³/mol. The van der Waals surface area contributed by atoms with Gasteiger partial charge in [-0.2, -0.15) is 0 Å². The van der Waals surface area contributed by atoms with E-state index in [1.165, 1.54) is 0 Å². The molecule has 0 amide bonds. The highest BCUT2D eigenvalue weighted by Gasteiger charge is 2.37. The number of hydrogen-bond donors (Lipinski definition) is 2. The lowest BCUT2D eigenvalue weighted by Gasteiger charge is -2.40. The third-order valence-corrected chi connectivity index (χ3v) is 7.15. The smallest absolute Gasteiger partial charge is 0.100 e. The Hall–Kier alpha value is -0.220. The quantitative estimate of drug-likeness (QED) is 0.784. The number of aliphatic hydroxyl groups is 2. The summed E-state index contributed by atoms with van der Waals surface area (Å²) in [5.41, 5.74) is 0. The van der Waals surface area contributed by atoms with Crippen LogP contribution in [0.25, 0.3) is 0 Å². The number of rotatable bonds is 4. The molecule has 0 heterocycles. The van der Waals surface area contributed by atoms with Gasteiger partial charge in [-0.15, -0.1) is 0 Å². The molecule has 2 unspecified atom stereocenters. The maximum atomic E-state index is 13.3. The molecule has 24 heavy (non-hydrogen) atoms. The van der Waals surface area contributed by atoms with Gasteiger partial charge in [-0.1, -0.05) is 0 Å². The number of hydrogen-bond acceptors (Lipinski definition) is 2. The first kappa shape index (κ1) is 18.6. The summed E-state index contributed by atoms with van der Waals surface area (Å²) in [6, 6.07) is 0. The van der Waals surface area contributed by atoms with E-state index in [9.17, 15) is 19.0 Å². The van der Waals surface area contributed by atoms with Gasteiger partial charge in [0.25, 0.3) is 0 Å². The first-order chi connectivity index (χ1) is 11.5. The Balaban J connectivity index is 1.43. The maximum absolute atomic E-state index is 13.3. The molecular weight excluding hydrogens is 310 g/mol. The summed E-state index contributed by atoms with van der Waals surface area (Å²) in [7, 11) is 0. The van der Waals surface area contributed by atoms with Crippen molar-refractivity contribution in [2.75, 3.05) is 0 Å². The summed E-state index contributed by atoms with van der Waals surface area (Å²) in [5.74, 6) is 1.17. The second kappa shape index (κ2) is 8.44. The Morgan fingerprint density at radius 2 is 0.667 bits per heavy atom. The zero-order chi connectivity index (χ0) is 17.1. The summed E-state index contributed by atoms with van der Waals surface area (Å²) in [5, 5.41) is 21.3. The molecule has 3 aliphatic carbocycles. The molecule has 3 rings (SSSR count). The average Bonchev–Trinajstić information content (AvgIpc) is 2.62. The van der Waals surface area contributed by atoms with Crippen molar-refractivity contribution >= 4 is 0 Å². The van der Waals surface area contributed by atoms with E-state index in [0.29, 0.717) is 37.5 Å². The SMILES string of the molecule is OC(C1CCC(F)CC1)C1CCC(C(O)C2CCC(F)CC2)CC1. The van der Waals surface area contributed by atoms with E-state index < -0.39 is 12.3 Å². The zero-order valence-electron chi connectivity index (χ0n) is 14.8.